The van der Waals surface area contributed by atoms with E-state index in [1.54, 1.807) is 0 Å². The van der Waals surface area contributed by atoms with Crippen molar-refractivity contribution in [3.63, 3.8) is 0 Å². The first-order valence-corrected chi connectivity index (χ1v) is 9.35. The van der Waals surface area contributed by atoms with Gasteiger partial charge in [-0.2, -0.15) is 0 Å². The molecular formula is C22H26N2O2. The summed E-state index contributed by atoms with van der Waals surface area (Å²) in [6.07, 6.45) is 2.90. The van der Waals surface area contributed by atoms with Crippen molar-refractivity contribution in [1.82, 2.24) is 5.32 Å². The number of carbonyl (C=O) groups is 2. The Morgan fingerprint density at radius 3 is 2.04 bits per heavy atom. The highest BCUT2D eigenvalue weighted by molar-refractivity contribution is 6.13. The van der Waals surface area contributed by atoms with Gasteiger partial charge in [-0.1, -0.05) is 62.4 Å². The van der Waals surface area contributed by atoms with E-state index in [2.05, 4.69) is 24.5 Å². The van der Waals surface area contributed by atoms with Crippen molar-refractivity contribution in [2.45, 2.75) is 46.1 Å². The van der Waals surface area contributed by atoms with Crippen LogP contribution in [0.4, 0.5) is 5.69 Å². The summed E-state index contributed by atoms with van der Waals surface area (Å²) in [6, 6.07) is 15.8. The van der Waals surface area contributed by atoms with Crippen LogP contribution in [0.3, 0.4) is 0 Å². The van der Waals surface area contributed by atoms with Gasteiger partial charge in [0, 0.05) is 12.2 Å². The van der Waals surface area contributed by atoms with Gasteiger partial charge >= 0.3 is 0 Å². The Morgan fingerprint density at radius 1 is 0.885 bits per heavy atom. The van der Waals surface area contributed by atoms with E-state index in [1.807, 2.05) is 48.5 Å². The number of carbonyl (C=O) groups excluding carboxylic acids is 2. The zero-order chi connectivity index (χ0) is 18.6. The molecule has 26 heavy (non-hydrogen) atoms. The van der Waals surface area contributed by atoms with E-state index in [1.165, 1.54) is 0 Å². The average molecular weight is 350 g/mol. The number of aryl methyl sites for hydroxylation is 2. The SMILES string of the molecule is CCc1cccc(CC)c1NC(=O)C1(C(=O)NCc2ccccc2)CC1. The minimum atomic E-state index is -0.916. The van der Waals surface area contributed by atoms with E-state index in [0.29, 0.717) is 19.4 Å². The van der Waals surface area contributed by atoms with Gasteiger partial charge in [0.25, 0.3) is 0 Å². The summed E-state index contributed by atoms with van der Waals surface area (Å²) in [5, 5.41) is 5.99. The molecule has 0 bridgehead atoms. The van der Waals surface area contributed by atoms with Gasteiger partial charge in [0.1, 0.15) is 5.41 Å². The highest BCUT2D eigenvalue weighted by Crippen LogP contribution is 2.47. The highest BCUT2D eigenvalue weighted by Gasteiger charge is 2.56. The molecule has 1 aliphatic carbocycles. The first-order valence-electron chi connectivity index (χ1n) is 9.35. The standard InChI is InChI=1S/C22H26N2O2/c1-3-17-11-8-12-18(4-2)19(17)24-21(26)22(13-14-22)20(25)23-15-16-9-6-5-7-10-16/h5-12H,3-4,13-15H2,1-2H3,(H,23,25)(H,24,26). The number of nitrogens with one attached hydrogen (secondary N) is 2. The van der Waals surface area contributed by atoms with Crippen molar-refractivity contribution in [3.8, 4) is 0 Å². The molecule has 2 aromatic carbocycles. The van der Waals surface area contributed by atoms with E-state index < -0.39 is 5.41 Å². The quantitative estimate of drug-likeness (QED) is 0.745. The third-order valence-corrected chi connectivity index (χ3v) is 5.15. The lowest BCUT2D eigenvalue weighted by atomic mass is 10.0. The smallest absolute Gasteiger partial charge is 0.240 e. The van der Waals surface area contributed by atoms with Crippen molar-refractivity contribution in [1.29, 1.82) is 0 Å². The second kappa shape index (κ2) is 7.73. The van der Waals surface area contributed by atoms with Crippen LogP contribution in [-0.2, 0) is 29.0 Å². The van der Waals surface area contributed by atoms with Gasteiger partial charge < -0.3 is 10.6 Å². The molecule has 0 heterocycles. The average Bonchev–Trinajstić information content (AvgIpc) is 3.49. The molecule has 3 rings (SSSR count). The van der Waals surface area contributed by atoms with Crippen molar-refractivity contribution < 1.29 is 9.59 Å². The molecule has 0 aromatic heterocycles. The van der Waals surface area contributed by atoms with E-state index in [9.17, 15) is 9.59 Å². The van der Waals surface area contributed by atoms with Crippen LogP contribution in [-0.4, -0.2) is 11.8 Å². The fraction of sp³-hybridized carbons (Fsp3) is 0.364. The molecule has 0 aliphatic heterocycles. The normalized spacial score (nSPS) is 14.5. The molecule has 0 unspecified atom stereocenters. The van der Waals surface area contributed by atoms with Crippen LogP contribution in [0, 0.1) is 5.41 Å². The summed E-state index contributed by atoms with van der Waals surface area (Å²) in [5.74, 6) is -0.357. The van der Waals surface area contributed by atoms with Crippen molar-refractivity contribution in [3.05, 3.63) is 65.2 Å². The molecular weight excluding hydrogens is 324 g/mol. The largest absolute Gasteiger partial charge is 0.351 e. The van der Waals surface area contributed by atoms with Gasteiger partial charge in [-0.25, -0.2) is 0 Å². The lowest BCUT2D eigenvalue weighted by molar-refractivity contribution is -0.134. The van der Waals surface area contributed by atoms with E-state index >= 15 is 0 Å². The fourth-order valence-electron chi connectivity index (χ4n) is 3.27. The van der Waals surface area contributed by atoms with Gasteiger partial charge in [0.15, 0.2) is 0 Å². The molecule has 2 N–H and O–H groups in total. The maximum atomic E-state index is 12.9. The second-order valence-electron chi connectivity index (χ2n) is 6.86. The molecule has 1 fully saturated rings. The summed E-state index contributed by atoms with van der Waals surface area (Å²) in [5.41, 5.74) is 3.21. The zero-order valence-electron chi connectivity index (χ0n) is 15.5. The number of rotatable bonds is 7. The summed E-state index contributed by atoms with van der Waals surface area (Å²) >= 11 is 0. The van der Waals surface area contributed by atoms with Crippen LogP contribution in [0.1, 0.15) is 43.4 Å². The van der Waals surface area contributed by atoms with Gasteiger partial charge in [-0.05, 0) is 42.4 Å². The van der Waals surface area contributed by atoms with Gasteiger partial charge in [-0.15, -0.1) is 0 Å². The molecule has 0 atom stereocenters. The zero-order valence-corrected chi connectivity index (χ0v) is 15.5. The molecule has 2 aromatic rings. The van der Waals surface area contributed by atoms with Gasteiger partial charge in [-0.3, -0.25) is 9.59 Å². The molecule has 0 spiro atoms. The second-order valence-corrected chi connectivity index (χ2v) is 6.86. The first kappa shape index (κ1) is 18.2. The summed E-state index contributed by atoms with van der Waals surface area (Å²) in [4.78, 5) is 25.6. The third-order valence-electron chi connectivity index (χ3n) is 5.15. The van der Waals surface area contributed by atoms with Crippen LogP contribution in [0.2, 0.25) is 0 Å². The molecule has 136 valence electrons. The van der Waals surface area contributed by atoms with Gasteiger partial charge in [0.05, 0.1) is 0 Å². The topological polar surface area (TPSA) is 58.2 Å². The third kappa shape index (κ3) is 3.64. The Labute approximate surface area is 155 Å². The van der Waals surface area contributed by atoms with E-state index in [4.69, 9.17) is 0 Å². The highest BCUT2D eigenvalue weighted by atomic mass is 16.2. The molecule has 1 aliphatic rings. The van der Waals surface area contributed by atoms with Crippen molar-refractivity contribution in [2.75, 3.05) is 5.32 Å². The number of hydrogen-bond donors (Lipinski definition) is 2. The molecule has 4 nitrogen and oxygen atoms in total. The number of anilines is 1. The number of benzene rings is 2. The minimum absolute atomic E-state index is 0.175. The Morgan fingerprint density at radius 2 is 1.50 bits per heavy atom. The summed E-state index contributed by atoms with van der Waals surface area (Å²) in [7, 11) is 0. The molecule has 4 heteroatoms. The van der Waals surface area contributed by atoms with E-state index in [0.717, 1.165) is 35.2 Å². The van der Waals surface area contributed by atoms with Crippen LogP contribution >= 0.6 is 0 Å². The first-order chi connectivity index (χ1) is 12.6. The van der Waals surface area contributed by atoms with Crippen LogP contribution in [0.25, 0.3) is 0 Å². The molecule has 0 saturated heterocycles. The maximum Gasteiger partial charge on any atom is 0.240 e. The number of hydrogen-bond acceptors (Lipinski definition) is 2. The van der Waals surface area contributed by atoms with Crippen molar-refractivity contribution in [2.24, 2.45) is 5.41 Å². The number of para-hydroxylation sites is 1. The maximum absolute atomic E-state index is 12.9. The Kier molecular flexibility index (Phi) is 5.40. The lowest BCUT2D eigenvalue weighted by Gasteiger charge is -2.19. The lowest BCUT2D eigenvalue weighted by Crippen LogP contribution is -2.40. The molecule has 2 amide bonds. The Bertz CT molecular complexity index is 773. The van der Waals surface area contributed by atoms with Crippen molar-refractivity contribution >= 4 is 17.5 Å². The number of amides is 2. The monoisotopic (exact) mass is 350 g/mol. The molecule has 1 saturated carbocycles. The predicted molar refractivity (Wildman–Crippen MR) is 104 cm³/mol. The molecule has 0 radical (unpaired) electrons. The van der Waals surface area contributed by atoms with E-state index in [-0.39, 0.29) is 11.8 Å². The van der Waals surface area contributed by atoms with Gasteiger partial charge in [0.2, 0.25) is 11.8 Å². The minimum Gasteiger partial charge on any atom is -0.351 e. The fourth-order valence-corrected chi connectivity index (χ4v) is 3.27. The summed E-state index contributed by atoms with van der Waals surface area (Å²) < 4.78 is 0. The predicted octanol–water partition coefficient (Wildman–Crippen LogP) is 3.85. The Hall–Kier alpha value is -2.62. The van der Waals surface area contributed by atoms with Crippen LogP contribution in [0.15, 0.2) is 48.5 Å². The summed E-state index contributed by atoms with van der Waals surface area (Å²) in [6.45, 7) is 4.59. The van der Waals surface area contributed by atoms with Crippen LogP contribution < -0.4 is 10.6 Å². The Balaban J connectivity index is 1.70. The van der Waals surface area contributed by atoms with Crippen LogP contribution in [0.5, 0.6) is 0 Å².